The lowest BCUT2D eigenvalue weighted by molar-refractivity contribution is 0.386. The minimum absolute atomic E-state index is 0.248. The molecule has 0 atom stereocenters. The van der Waals surface area contributed by atoms with Gasteiger partial charge in [-0.05, 0) is 17.7 Å². The number of nitrogens with zero attached hydrogens (tertiary/aromatic N) is 3. The third-order valence-corrected chi connectivity index (χ3v) is 2.03. The van der Waals surface area contributed by atoms with Crippen molar-refractivity contribution >= 4 is 0 Å². The number of methoxy groups -OCH3 is 1. The number of hydrogen-bond acceptors (Lipinski definition) is 3. The van der Waals surface area contributed by atoms with Gasteiger partial charge in [-0.25, -0.2) is 14.1 Å². The van der Waals surface area contributed by atoms with E-state index in [2.05, 4.69) is 10.1 Å². The summed E-state index contributed by atoms with van der Waals surface area (Å²) in [6.07, 6.45) is 3.03. The first-order chi connectivity index (χ1) is 7.29. The van der Waals surface area contributed by atoms with E-state index in [0.717, 1.165) is 5.56 Å². The zero-order valence-electron chi connectivity index (χ0n) is 8.22. The highest BCUT2D eigenvalue weighted by atomic mass is 19.1. The normalized spacial score (nSPS) is 10.3. The van der Waals surface area contributed by atoms with E-state index in [-0.39, 0.29) is 11.6 Å². The summed E-state index contributed by atoms with van der Waals surface area (Å²) in [4.78, 5) is 3.81. The molecule has 1 heterocycles. The summed E-state index contributed by atoms with van der Waals surface area (Å²) < 4.78 is 19.8. The van der Waals surface area contributed by atoms with Crippen molar-refractivity contribution in [1.82, 2.24) is 14.8 Å². The Labute approximate surface area is 86.3 Å². The highest BCUT2D eigenvalue weighted by molar-refractivity contribution is 5.29. The molecule has 2 aromatic rings. The van der Waals surface area contributed by atoms with Crippen LogP contribution in [0.4, 0.5) is 4.39 Å². The minimum Gasteiger partial charge on any atom is -0.494 e. The van der Waals surface area contributed by atoms with Crippen molar-refractivity contribution in [3.63, 3.8) is 0 Å². The number of hydrogen-bond donors (Lipinski definition) is 0. The van der Waals surface area contributed by atoms with E-state index in [1.165, 1.54) is 19.5 Å². The quantitative estimate of drug-likeness (QED) is 0.765. The summed E-state index contributed by atoms with van der Waals surface area (Å²) >= 11 is 0. The van der Waals surface area contributed by atoms with Gasteiger partial charge in [0.25, 0.3) is 0 Å². The molecule has 0 amide bonds. The minimum atomic E-state index is -0.366. The van der Waals surface area contributed by atoms with Crippen LogP contribution in [0.3, 0.4) is 0 Å². The van der Waals surface area contributed by atoms with E-state index in [4.69, 9.17) is 4.74 Å². The van der Waals surface area contributed by atoms with Gasteiger partial charge in [-0.15, -0.1) is 0 Å². The van der Waals surface area contributed by atoms with Crippen LogP contribution in [-0.2, 0) is 6.54 Å². The predicted molar refractivity (Wildman–Crippen MR) is 52.1 cm³/mol. The van der Waals surface area contributed by atoms with Gasteiger partial charge in [0.15, 0.2) is 11.6 Å². The smallest absolute Gasteiger partial charge is 0.165 e. The second kappa shape index (κ2) is 4.08. The van der Waals surface area contributed by atoms with E-state index in [9.17, 15) is 4.39 Å². The molecule has 1 aromatic carbocycles. The molecule has 4 nitrogen and oxygen atoms in total. The van der Waals surface area contributed by atoms with Crippen molar-refractivity contribution in [2.75, 3.05) is 7.11 Å². The van der Waals surface area contributed by atoms with E-state index in [1.807, 2.05) is 0 Å². The van der Waals surface area contributed by atoms with Gasteiger partial charge in [0.05, 0.1) is 13.7 Å². The van der Waals surface area contributed by atoms with E-state index in [0.29, 0.717) is 6.54 Å². The third kappa shape index (κ3) is 2.12. The standard InChI is InChI=1S/C10H10FN3O/c1-15-10-3-2-8(4-9(10)11)5-14-7-12-6-13-14/h2-4,6-7H,5H2,1H3. The first-order valence-electron chi connectivity index (χ1n) is 4.44. The van der Waals surface area contributed by atoms with Crippen LogP contribution in [0.1, 0.15) is 5.56 Å². The van der Waals surface area contributed by atoms with Gasteiger partial charge >= 0.3 is 0 Å². The molecular weight excluding hydrogens is 197 g/mol. The fraction of sp³-hybridized carbons (Fsp3) is 0.200. The molecule has 0 saturated carbocycles. The molecule has 0 fully saturated rings. The van der Waals surface area contributed by atoms with Crippen molar-refractivity contribution in [2.45, 2.75) is 6.54 Å². The second-order valence-electron chi connectivity index (χ2n) is 3.06. The molecule has 0 aliphatic carbocycles. The van der Waals surface area contributed by atoms with Crippen molar-refractivity contribution in [3.8, 4) is 5.75 Å². The zero-order chi connectivity index (χ0) is 10.7. The maximum absolute atomic E-state index is 13.3. The number of benzene rings is 1. The van der Waals surface area contributed by atoms with E-state index >= 15 is 0 Å². The SMILES string of the molecule is COc1ccc(Cn2cncn2)cc1F. The van der Waals surface area contributed by atoms with Gasteiger partial charge in [0.2, 0.25) is 0 Å². The van der Waals surface area contributed by atoms with Crippen LogP contribution in [0.25, 0.3) is 0 Å². The molecule has 78 valence electrons. The second-order valence-corrected chi connectivity index (χ2v) is 3.06. The molecule has 0 bridgehead atoms. The first kappa shape index (κ1) is 9.64. The zero-order valence-corrected chi connectivity index (χ0v) is 8.22. The van der Waals surface area contributed by atoms with Gasteiger partial charge in [0.1, 0.15) is 12.7 Å². The fourth-order valence-corrected chi connectivity index (χ4v) is 1.31. The van der Waals surface area contributed by atoms with Crippen LogP contribution in [0, 0.1) is 5.82 Å². The molecule has 5 heteroatoms. The molecular formula is C10H10FN3O. The monoisotopic (exact) mass is 207 g/mol. The molecule has 15 heavy (non-hydrogen) atoms. The van der Waals surface area contributed by atoms with E-state index < -0.39 is 0 Å². The van der Waals surface area contributed by atoms with Gasteiger partial charge in [-0.2, -0.15) is 5.10 Å². The van der Waals surface area contributed by atoms with Crippen molar-refractivity contribution < 1.29 is 9.13 Å². The van der Waals surface area contributed by atoms with Crippen LogP contribution < -0.4 is 4.74 Å². The Kier molecular flexibility index (Phi) is 2.62. The molecule has 0 radical (unpaired) electrons. The van der Waals surface area contributed by atoms with Gasteiger partial charge in [-0.3, -0.25) is 0 Å². The van der Waals surface area contributed by atoms with Crippen molar-refractivity contribution in [1.29, 1.82) is 0 Å². The Bertz CT molecular complexity index is 442. The predicted octanol–water partition coefficient (Wildman–Crippen LogP) is 1.47. The van der Waals surface area contributed by atoms with Gasteiger partial charge in [-0.1, -0.05) is 6.07 Å². The Morgan fingerprint density at radius 3 is 2.93 bits per heavy atom. The molecule has 1 aromatic heterocycles. The molecule has 0 unspecified atom stereocenters. The average Bonchev–Trinajstić information content (AvgIpc) is 2.71. The summed E-state index contributed by atoms with van der Waals surface area (Å²) in [5.74, 6) is -0.118. The van der Waals surface area contributed by atoms with Crippen molar-refractivity contribution in [2.24, 2.45) is 0 Å². The topological polar surface area (TPSA) is 39.9 Å². The molecule has 0 aliphatic heterocycles. The van der Waals surface area contributed by atoms with Crippen molar-refractivity contribution in [3.05, 3.63) is 42.2 Å². The Balaban J connectivity index is 2.20. The molecule has 0 saturated heterocycles. The van der Waals surface area contributed by atoms with Gasteiger partial charge < -0.3 is 4.74 Å². The third-order valence-electron chi connectivity index (χ3n) is 2.03. The molecule has 2 rings (SSSR count). The Morgan fingerprint density at radius 2 is 2.33 bits per heavy atom. The van der Waals surface area contributed by atoms with E-state index in [1.54, 1.807) is 23.1 Å². The first-order valence-corrected chi connectivity index (χ1v) is 4.44. The van der Waals surface area contributed by atoms with Crippen LogP contribution in [-0.4, -0.2) is 21.9 Å². The summed E-state index contributed by atoms with van der Waals surface area (Å²) in [5.41, 5.74) is 0.818. The lowest BCUT2D eigenvalue weighted by Gasteiger charge is -2.04. The molecule has 0 N–H and O–H groups in total. The maximum atomic E-state index is 13.3. The summed E-state index contributed by atoms with van der Waals surface area (Å²) in [5, 5.41) is 3.94. The molecule has 0 spiro atoms. The lowest BCUT2D eigenvalue weighted by Crippen LogP contribution is -2.00. The Morgan fingerprint density at radius 1 is 1.47 bits per heavy atom. The van der Waals surface area contributed by atoms with Crippen LogP contribution in [0.2, 0.25) is 0 Å². The largest absolute Gasteiger partial charge is 0.494 e. The number of halogens is 1. The summed E-state index contributed by atoms with van der Waals surface area (Å²) in [6.45, 7) is 0.501. The summed E-state index contributed by atoms with van der Waals surface area (Å²) in [7, 11) is 1.44. The molecule has 0 aliphatic rings. The van der Waals surface area contributed by atoms with Crippen LogP contribution in [0.15, 0.2) is 30.9 Å². The van der Waals surface area contributed by atoms with Gasteiger partial charge in [0, 0.05) is 0 Å². The van der Waals surface area contributed by atoms with Crippen LogP contribution >= 0.6 is 0 Å². The number of rotatable bonds is 3. The van der Waals surface area contributed by atoms with Crippen LogP contribution in [0.5, 0.6) is 5.75 Å². The number of ether oxygens (including phenoxy) is 1. The lowest BCUT2D eigenvalue weighted by atomic mass is 10.2. The fourth-order valence-electron chi connectivity index (χ4n) is 1.31. The maximum Gasteiger partial charge on any atom is 0.165 e. The highest BCUT2D eigenvalue weighted by Crippen LogP contribution is 2.17. The highest BCUT2D eigenvalue weighted by Gasteiger charge is 2.03. The average molecular weight is 207 g/mol. The Hall–Kier alpha value is -1.91. The summed E-state index contributed by atoms with van der Waals surface area (Å²) in [6, 6.07) is 4.83. The number of aromatic nitrogens is 3.